The molecule has 3 aliphatic rings. The fraction of sp³-hybridized carbons (Fsp3) is 0.208. The minimum Gasteiger partial charge on any atom is -0.461 e. The van der Waals surface area contributed by atoms with Gasteiger partial charge >= 0.3 is 5.97 Å². The summed E-state index contributed by atoms with van der Waals surface area (Å²) in [5.41, 5.74) is 3.28. The number of carbonyl (C=O) groups excluding carboxylic acids is 2. The second-order valence-corrected chi connectivity index (χ2v) is 8.83. The summed E-state index contributed by atoms with van der Waals surface area (Å²) in [4.78, 5) is 41.1. The Morgan fingerprint density at radius 3 is 2.82 bits per heavy atom. The van der Waals surface area contributed by atoms with Gasteiger partial charge in [0.1, 0.15) is 16.9 Å². The van der Waals surface area contributed by atoms with E-state index in [1.54, 1.807) is 12.3 Å². The van der Waals surface area contributed by atoms with Crippen LogP contribution in [0.15, 0.2) is 70.8 Å². The van der Waals surface area contributed by atoms with E-state index in [2.05, 4.69) is 15.3 Å². The van der Waals surface area contributed by atoms with E-state index in [9.17, 15) is 9.59 Å². The van der Waals surface area contributed by atoms with Gasteiger partial charge in [-0.3, -0.25) is 9.78 Å². The summed E-state index contributed by atoms with van der Waals surface area (Å²) in [7, 11) is 0. The van der Waals surface area contributed by atoms with Crippen LogP contribution in [-0.4, -0.2) is 44.6 Å². The van der Waals surface area contributed by atoms with Crippen LogP contribution in [0.25, 0.3) is 11.0 Å². The molecule has 1 aliphatic carbocycles. The molecule has 1 aromatic heterocycles. The molecule has 3 aromatic rings. The van der Waals surface area contributed by atoms with Crippen LogP contribution in [0.1, 0.15) is 29.4 Å². The molecule has 8 nitrogen and oxygen atoms in total. The van der Waals surface area contributed by atoms with Crippen molar-refractivity contribution in [2.75, 3.05) is 11.9 Å². The van der Waals surface area contributed by atoms with E-state index < -0.39 is 5.54 Å². The number of hydrogen-bond acceptors (Lipinski definition) is 8. The lowest BCUT2D eigenvalue weighted by Crippen LogP contribution is -2.30. The summed E-state index contributed by atoms with van der Waals surface area (Å²) in [5.74, 6) is -0.670. The fourth-order valence-corrected chi connectivity index (χ4v) is 5.44. The van der Waals surface area contributed by atoms with Crippen molar-refractivity contribution in [3.8, 4) is 0 Å². The average molecular weight is 458 g/mol. The summed E-state index contributed by atoms with van der Waals surface area (Å²) in [5, 5.41) is 5.58. The Hall–Kier alpha value is -3.72. The molecule has 0 spiro atoms. The Kier molecular flexibility index (Phi) is 4.48. The standard InChI is InChI=1S/C24H19N5O3S/c1-2-32-22(31)19-13-33-23-28-24(11-20(24)29(19)23)14-7-3-4-8-15(14)27-21(30)18-12-25-16-9-5-6-10-17(16)26-18/h3-10,12-13,20H,2,11H2,1H3,(H,27,30). The number of amidine groups is 1. The molecule has 0 saturated heterocycles. The molecule has 0 bridgehead atoms. The highest BCUT2D eigenvalue weighted by Crippen LogP contribution is 2.61. The van der Waals surface area contributed by atoms with Crippen LogP contribution in [0, 0.1) is 0 Å². The largest absolute Gasteiger partial charge is 0.461 e. The minimum atomic E-state index is -0.493. The van der Waals surface area contributed by atoms with Crippen LogP contribution >= 0.6 is 11.8 Å². The molecular weight excluding hydrogens is 438 g/mol. The zero-order chi connectivity index (χ0) is 22.6. The molecule has 0 radical (unpaired) electrons. The third kappa shape index (κ3) is 3.11. The molecule has 1 N–H and O–H groups in total. The summed E-state index contributed by atoms with van der Waals surface area (Å²) >= 11 is 1.43. The molecule has 33 heavy (non-hydrogen) atoms. The summed E-state index contributed by atoms with van der Waals surface area (Å²) in [6.07, 6.45) is 2.24. The molecule has 164 valence electrons. The van der Waals surface area contributed by atoms with Gasteiger partial charge in [0.05, 0.1) is 29.9 Å². The van der Waals surface area contributed by atoms with Gasteiger partial charge in [-0.15, -0.1) is 0 Å². The zero-order valence-corrected chi connectivity index (χ0v) is 18.5. The van der Waals surface area contributed by atoms with E-state index in [1.807, 2.05) is 53.4 Å². The Balaban J connectivity index is 1.28. The van der Waals surface area contributed by atoms with Crippen molar-refractivity contribution >= 4 is 45.5 Å². The van der Waals surface area contributed by atoms with Crippen molar-refractivity contribution in [1.82, 2.24) is 14.9 Å². The van der Waals surface area contributed by atoms with Gasteiger partial charge in [-0.05, 0) is 25.1 Å². The van der Waals surface area contributed by atoms with Crippen LogP contribution in [-0.2, 0) is 15.1 Å². The number of nitrogens with zero attached hydrogens (tertiary/aromatic N) is 4. The molecule has 3 heterocycles. The third-order valence-electron chi connectivity index (χ3n) is 6.05. The smallest absolute Gasteiger partial charge is 0.355 e. The molecule has 1 amide bonds. The van der Waals surface area contributed by atoms with E-state index in [-0.39, 0.29) is 23.6 Å². The molecule has 2 unspecified atom stereocenters. The molecule has 2 atom stereocenters. The number of anilines is 1. The first-order chi connectivity index (χ1) is 16.1. The van der Waals surface area contributed by atoms with Gasteiger partial charge in [-0.2, -0.15) is 0 Å². The maximum Gasteiger partial charge on any atom is 0.355 e. The van der Waals surface area contributed by atoms with Crippen LogP contribution in [0.3, 0.4) is 0 Å². The van der Waals surface area contributed by atoms with Crippen LogP contribution < -0.4 is 5.32 Å². The van der Waals surface area contributed by atoms with Crippen molar-refractivity contribution in [2.24, 2.45) is 4.99 Å². The van der Waals surface area contributed by atoms with Crippen molar-refractivity contribution in [1.29, 1.82) is 0 Å². The van der Waals surface area contributed by atoms with Gasteiger partial charge in [-0.1, -0.05) is 42.1 Å². The molecule has 2 aliphatic heterocycles. The SMILES string of the molecule is CCOC(=O)C1=CSC2=NC3(c4ccccc4NC(=O)c4cnc5ccccc5n4)CC3N12. The number of nitrogens with one attached hydrogen (secondary N) is 1. The normalized spacial score (nSPS) is 22.3. The number of benzene rings is 2. The van der Waals surface area contributed by atoms with E-state index in [0.29, 0.717) is 23.5 Å². The van der Waals surface area contributed by atoms with Crippen molar-refractivity contribution in [2.45, 2.75) is 24.9 Å². The summed E-state index contributed by atoms with van der Waals surface area (Å²) < 4.78 is 5.21. The number of para-hydroxylation sites is 3. The van der Waals surface area contributed by atoms with Gasteiger partial charge < -0.3 is 15.0 Å². The van der Waals surface area contributed by atoms with Crippen LogP contribution in [0.5, 0.6) is 0 Å². The lowest BCUT2D eigenvalue weighted by Gasteiger charge is -2.18. The Morgan fingerprint density at radius 1 is 1.18 bits per heavy atom. The van der Waals surface area contributed by atoms with E-state index in [4.69, 9.17) is 9.73 Å². The topological polar surface area (TPSA) is 96.8 Å². The highest BCUT2D eigenvalue weighted by atomic mass is 32.2. The molecule has 6 rings (SSSR count). The number of fused-ring (bicyclic) bond motifs is 4. The number of thioether (sulfide) groups is 1. The van der Waals surface area contributed by atoms with Gasteiger partial charge in [0.15, 0.2) is 5.17 Å². The predicted molar refractivity (Wildman–Crippen MR) is 126 cm³/mol. The zero-order valence-electron chi connectivity index (χ0n) is 17.7. The number of carbonyl (C=O) groups is 2. The Bertz CT molecular complexity index is 1390. The number of hydrogen-bond donors (Lipinski definition) is 1. The molecular formula is C24H19N5O3S. The quantitative estimate of drug-likeness (QED) is 0.584. The summed E-state index contributed by atoms with van der Waals surface area (Å²) in [6, 6.07) is 15.1. The van der Waals surface area contributed by atoms with E-state index in [1.165, 1.54) is 18.0 Å². The maximum atomic E-state index is 13.0. The second-order valence-electron chi connectivity index (χ2n) is 7.99. The maximum absolute atomic E-state index is 13.0. The predicted octanol–water partition coefficient (Wildman–Crippen LogP) is 3.67. The lowest BCUT2D eigenvalue weighted by molar-refractivity contribution is -0.139. The van der Waals surface area contributed by atoms with Crippen molar-refractivity contribution in [3.63, 3.8) is 0 Å². The number of aromatic nitrogens is 2. The Labute approximate surface area is 193 Å². The monoisotopic (exact) mass is 457 g/mol. The first-order valence-electron chi connectivity index (χ1n) is 10.7. The first-order valence-corrected chi connectivity index (χ1v) is 11.5. The number of ether oxygens (including phenoxy) is 1. The van der Waals surface area contributed by atoms with Crippen molar-refractivity contribution < 1.29 is 14.3 Å². The van der Waals surface area contributed by atoms with Gasteiger partial charge in [-0.25, -0.2) is 14.8 Å². The molecule has 1 saturated carbocycles. The van der Waals surface area contributed by atoms with Gasteiger partial charge in [0, 0.05) is 23.1 Å². The lowest BCUT2D eigenvalue weighted by atomic mass is 10.0. The number of esters is 1. The molecule has 9 heteroatoms. The Morgan fingerprint density at radius 2 is 1.97 bits per heavy atom. The van der Waals surface area contributed by atoms with Gasteiger partial charge in [0.25, 0.3) is 5.91 Å². The van der Waals surface area contributed by atoms with Crippen LogP contribution in [0.4, 0.5) is 5.69 Å². The molecule has 1 fully saturated rings. The second kappa shape index (κ2) is 7.41. The first kappa shape index (κ1) is 19.9. The van der Waals surface area contributed by atoms with E-state index >= 15 is 0 Å². The highest BCUT2D eigenvalue weighted by molar-refractivity contribution is 8.16. The average Bonchev–Trinajstić information content (AvgIpc) is 3.23. The van der Waals surface area contributed by atoms with E-state index in [0.717, 1.165) is 22.7 Å². The third-order valence-corrected chi connectivity index (χ3v) is 6.89. The minimum absolute atomic E-state index is 0.0247. The molecule has 2 aromatic carbocycles. The number of aliphatic imine (C=N–C) groups is 1. The fourth-order valence-electron chi connectivity index (χ4n) is 4.46. The highest BCUT2D eigenvalue weighted by Gasteiger charge is 2.66. The number of amides is 1. The number of rotatable bonds is 5. The van der Waals surface area contributed by atoms with Crippen LogP contribution in [0.2, 0.25) is 0 Å². The van der Waals surface area contributed by atoms with Gasteiger partial charge in [0.2, 0.25) is 0 Å². The summed E-state index contributed by atoms with van der Waals surface area (Å²) in [6.45, 7) is 2.11. The van der Waals surface area contributed by atoms with Crippen molar-refractivity contribution in [3.05, 3.63) is 77.1 Å².